The van der Waals surface area contributed by atoms with Gasteiger partial charge in [0.15, 0.2) is 0 Å². The second-order valence-electron chi connectivity index (χ2n) is 5.87. The van der Waals surface area contributed by atoms with Gasteiger partial charge in [-0.05, 0) is 17.7 Å². The summed E-state index contributed by atoms with van der Waals surface area (Å²) in [6.45, 7) is 0.492. The van der Waals surface area contributed by atoms with E-state index in [4.69, 9.17) is 19.9 Å². The van der Waals surface area contributed by atoms with Gasteiger partial charge in [0.25, 0.3) is 0 Å². The van der Waals surface area contributed by atoms with E-state index in [9.17, 15) is 14.7 Å². The van der Waals surface area contributed by atoms with Gasteiger partial charge in [0.1, 0.15) is 30.2 Å². The zero-order valence-corrected chi connectivity index (χ0v) is 13.3. The number of carboxylic acids is 1. The number of nitrogens with zero attached hydrogens (tertiary/aromatic N) is 1. The fraction of sp³-hybridized carbons (Fsp3) is 0.500. The van der Waals surface area contributed by atoms with Crippen LogP contribution < -0.4 is 10.5 Å². The summed E-state index contributed by atoms with van der Waals surface area (Å²) in [5.41, 5.74) is 6.63. The zero-order chi connectivity index (χ0) is 17.3. The van der Waals surface area contributed by atoms with Gasteiger partial charge in [-0.3, -0.25) is 9.59 Å². The Balaban J connectivity index is 1.66. The number of rotatable bonds is 7. The molecule has 4 atom stereocenters. The highest BCUT2D eigenvalue weighted by atomic mass is 16.6. The minimum Gasteiger partial charge on any atom is -0.497 e. The number of hydrogen-bond acceptors (Lipinski definition) is 6. The SMILES string of the molecule is COc1ccc(CO[C@H]([C@H](N)C(=O)O)[C@H]2CN3C(=O)C[C@@H]3O2)cc1. The van der Waals surface area contributed by atoms with E-state index in [1.807, 2.05) is 12.1 Å². The van der Waals surface area contributed by atoms with Crippen LogP contribution in [0.3, 0.4) is 0 Å². The number of β-lactam (4-membered cyclic amide) rings is 1. The van der Waals surface area contributed by atoms with Crippen LogP contribution >= 0.6 is 0 Å². The number of nitrogens with two attached hydrogens (primary N) is 1. The Morgan fingerprint density at radius 1 is 1.46 bits per heavy atom. The van der Waals surface area contributed by atoms with Crippen LogP contribution in [0.4, 0.5) is 0 Å². The van der Waals surface area contributed by atoms with E-state index in [0.717, 1.165) is 11.3 Å². The second kappa shape index (κ2) is 6.76. The Hall–Kier alpha value is -2.16. The Labute approximate surface area is 139 Å². The van der Waals surface area contributed by atoms with Gasteiger partial charge < -0.3 is 30.0 Å². The standard InChI is InChI=1S/C16H20N2O6/c1-22-10-4-2-9(3-5-10)8-23-15(14(17)16(20)21)11-7-18-12(19)6-13(18)24-11/h2-5,11,13-15H,6-8,17H2,1H3,(H,20,21)/t11-,13+,14+,15+/m1/s1. The van der Waals surface area contributed by atoms with Gasteiger partial charge in [-0.15, -0.1) is 0 Å². The predicted octanol–water partition coefficient (Wildman–Crippen LogP) is -0.0505. The van der Waals surface area contributed by atoms with Crippen LogP contribution in [0.1, 0.15) is 12.0 Å². The van der Waals surface area contributed by atoms with Gasteiger partial charge in [-0.25, -0.2) is 0 Å². The van der Waals surface area contributed by atoms with Crippen LogP contribution in [0, 0.1) is 0 Å². The molecule has 0 spiro atoms. The second-order valence-corrected chi connectivity index (χ2v) is 5.87. The maximum absolute atomic E-state index is 11.5. The van der Waals surface area contributed by atoms with Gasteiger partial charge in [0.05, 0.1) is 26.7 Å². The Bertz CT molecular complexity index is 619. The van der Waals surface area contributed by atoms with Crippen molar-refractivity contribution in [2.75, 3.05) is 13.7 Å². The smallest absolute Gasteiger partial charge is 0.323 e. The lowest BCUT2D eigenvalue weighted by molar-refractivity contribution is -0.162. The molecule has 0 aliphatic carbocycles. The highest BCUT2D eigenvalue weighted by Crippen LogP contribution is 2.31. The number of carbonyl (C=O) groups is 2. The van der Waals surface area contributed by atoms with Crippen LogP contribution in [0.25, 0.3) is 0 Å². The number of carboxylic acid groups (broad SMARTS) is 1. The average Bonchev–Trinajstić information content (AvgIpc) is 2.92. The number of ether oxygens (including phenoxy) is 3. The summed E-state index contributed by atoms with van der Waals surface area (Å²) in [4.78, 5) is 24.3. The third kappa shape index (κ3) is 3.21. The minimum absolute atomic E-state index is 0.000279. The lowest BCUT2D eigenvalue weighted by Gasteiger charge is -2.31. The molecule has 1 aromatic carbocycles. The summed E-state index contributed by atoms with van der Waals surface area (Å²) in [6, 6.07) is 6.01. The quantitative estimate of drug-likeness (QED) is 0.671. The molecule has 8 nitrogen and oxygen atoms in total. The summed E-state index contributed by atoms with van der Waals surface area (Å²) in [6.07, 6.45) is -1.35. The molecule has 3 N–H and O–H groups in total. The largest absolute Gasteiger partial charge is 0.497 e. The molecule has 0 aromatic heterocycles. The van der Waals surface area contributed by atoms with Gasteiger partial charge in [0.2, 0.25) is 5.91 Å². The summed E-state index contributed by atoms with van der Waals surface area (Å²) in [7, 11) is 1.58. The van der Waals surface area contributed by atoms with Crippen molar-refractivity contribution in [2.45, 2.75) is 37.5 Å². The first-order valence-electron chi connectivity index (χ1n) is 7.67. The third-order valence-corrected chi connectivity index (χ3v) is 4.33. The Morgan fingerprint density at radius 3 is 2.71 bits per heavy atom. The number of carbonyl (C=O) groups excluding carboxylic acids is 1. The van der Waals surface area contributed by atoms with E-state index in [0.29, 0.717) is 13.0 Å². The number of amides is 1. The van der Waals surface area contributed by atoms with E-state index in [1.165, 1.54) is 0 Å². The molecule has 2 heterocycles. The molecule has 8 heteroatoms. The van der Waals surface area contributed by atoms with Crippen molar-refractivity contribution >= 4 is 11.9 Å². The van der Waals surface area contributed by atoms with Crippen LogP contribution in [0.2, 0.25) is 0 Å². The van der Waals surface area contributed by atoms with Crippen molar-refractivity contribution in [3.8, 4) is 5.75 Å². The van der Waals surface area contributed by atoms with E-state index in [2.05, 4.69) is 0 Å². The van der Waals surface area contributed by atoms with Crippen molar-refractivity contribution in [3.05, 3.63) is 29.8 Å². The number of hydrogen-bond donors (Lipinski definition) is 2. The lowest BCUT2D eigenvalue weighted by atomic mass is 10.1. The highest BCUT2D eigenvalue weighted by Gasteiger charge is 2.49. The van der Waals surface area contributed by atoms with Crippen molar-refractivity contribution in [1.82, 2.24) is 4.90 Å². The molecule has 2 fully saturated rings. The van der Waals surface area contributed by atoms with Gasteiger partial charge in [-0.1, -0.05) is 12.1 Å². The Kier molecular flexibility index (Phi) is 4.70. The van der Waals surface area contributed by atoms with Crippen LogP contribution in [0.15, 0.2) is 24.3 Å². The third-order valence-electron chi connectivity index (χ3n) is 4.33. The molecule has 0 unspecified atom stereocenters. The van der Waals surface area contributed by atoms with Crippen LogP contribution in [-0.4, -0.2) is 60.0 Å². The molecule has 24 heavy (non-hydrogen) atoms. The lowest BCUT2D eigenvalue weighted by Crippen LogP contribution is -2.51. The Morgan fingerprint density at radius 2 is 2.17 bits per heavy atom. The zero-order valence-electron chi connectivity index (χ0n) is 13.3. The van der Waals surface area contributed by atoms with E-state index in [-0.39, 0.29) is 18.7 Å². The maximum Gasteiger partial charge on any atom is 0.323 e. The normalized spacial score (nSPS) is 24.9. The molecule has 2 aliphatic heterocycles. The van der Waals surface area contributed by atoms with Crippen molar-refractivity contribution in [3.63, 3.8) is 0 Å². The van der Waals surface area contributed by atoms with Crippen LogP contribution in [0.5, 0.6) is 5.75 Å². The number of fused-ring (bicyclic) bond motifs is 1. The fourth-order valence-electron chi connectivity index (χ4n) is 2.88. The molecule has 1 aromatic rings. The van der Waals surface area contributed by atoms with E-state index in [1.54, 1.807) is 24.1 Å². The first-order chi connectivity index (χ1) is 11.5. The molecule has 2 aliphatic rings. The topological polar surface area (TPSA) is 111 Å². The predicted molar refractivity (Wildman–Crippen MR) is 82.2 cm³/mol. The molecule has 0 saturated carbocycles. The summed E-state index contributed by atoms with van der Waals surface area (Å²) in [5, 5.41) is 9.22. The molecule has 130 valence electrons. The van der Waals surface area contributed by atoms with Gasteiger partial charge >= 0.3 is 5.97 Å². The monoisotopic (exact) mass is 336 g/mol. The maximum atomic E-state index is 11.5. The molecule has 1 amide bonds. The average molecular weight is 336 g/mol. The first-order valence-corrected chi connectivity index (χ1v) is 7.67. The minimum atomic E-state index is -1.23. The van der Waals surface area contributed by atoms with Gasteiger partial charge in [-0.2, -0.15) is 0 Å². The summed E-state index contributed by atoms with van der Waals surface area (Å²) in [5.74, 6) is -0.446. The van der Waals surface area contributed by atoms with Gasteiger partial charge in [0, 0.05) is 0 Å². The molecular weight excluding hydrogens is 316 g/mol. The van der Waals surface area contributed by atoms with E-state index < -0.39 is 24.2 Å². The summed E-state index contributed by atoms with van der Waals surface area (Å²) < 4.78 is 16.6. The number of benzene rings is 1. The molecule has 0 radical (unpaired) electrons. The number of methoxy groups -OCH3 is 1. The molecular formula is C16H20N2O6. The van der Waals surface area contributed by atoms with E-state index >= 15 is 0 Å². The highest BCUT2D eigenvalue weighted by molar-refractivity contribution is 5.83. The molecule has 3 rings (SSSR count). The van der Waals surface area contributed by atoms with Crippen LogP contribution in [-0.2, 0) is 25.7 Å². The first kappa shape index (κ1) is 16.7. The van der Waals surface area contributed by atoms with Crippen molar-refractivity contribution < 1.29 is 28.9 Å². The molecule has 0 bridgehead atoms. The fourth-order valence-corrected chi connectivity index (χ4v) is 2.88. The molecule has 2 saturated heterocycles. The van der Waals surface area contributed by atoms with Crippen molar-refractivity contribution in [1.29, 1.82) is 0 Å². The van der Waals surface area contributed by atoms with Crippen molar-refractivity contribution in [2.24, 2.45) is 5.73 Å². The summed E-state index contributed by atoms with van der Waals surface area (Å²) >= 11 is 0. The number of aliphatic carboxylic acids is 1.